The van der Waals surface area contributed by atoms with Gasteiger partial charge in [-0.3, -0.25) is 4.79 Å². The summed E-state index contributed by atoms with van der Waals surface area (Å²) in [5, 5.41) is 0. The highest BCUT2D eigenvalue weighted by Crippen LogP contribution is 2.38. The molecule has 1 nitrogen and oxygen atoms in total. The predicted octanol–water partition coefficient (Wildman–Crippen LogP) is 4.13. The highest BCUT2D eigenvalue weighted by Gasteiger charge is 2.31. The zero-order valence-corrected chi connectivity index (χ0v) is 10.4. The summed E-state index contributed by atoms with van der Waals surface area (Å²) < 4.78 is 0. The lowest BCUT2D eigenvalue weighted by Crippen LogP contribution is -2.27. The molecule has 1 atom stereocenters. The highest BCUT2D eigenvalue weighted by molar-refractivity contribution is 5.90. The van der Waals surface area contributed by atoms with Gasteiger partial charge in [-0.1, -0.05) is 52.5 Å². The molecule has 0 N–H and O–H groups in total. The average molecular weight is 208 g/mol. The Bertz CT molecular complexity index is 238. The Labute approximate surface area is 93.9 Å². The van der Waals surface area contributed by atoms with Crippen LogP contribution in [0.25, 0.3) is 0 Å². The second-order valence-corrected chi connectivity index (χ2v) is 5.37. The fraction of sp³-hybridized carbons (Fsp3) is 0.786. The second kappa shape index (κ2) is 5.48. The van der Waals surface area contributed by atoms with Crippen molar-refractivity contribution in [3.63, 3.8) is 0 Å². The van der Waals surface area contributed by atoms with Crippen molar-refractivity contribution in [1.82, 2.24) is 0 Å². The number of allylic oxidation sites excluding steroid dienone is 2. The number of carbonyl (C=O) groups is 1. The van der Waals surface area contributed by atoms with Crippen LogP contribution in [-0.4, -0.2) is 5.78 Å². The maximum Gasteiger partial charge on any atom is 0.155 e. The lowest BCUT2D eigenvalue weighted by atomic mass is 9.70. The van der Waals surface area contributed by atoms with Crippen molar-refractivity contribution in [2.75, 3.05) is 0 Å². The van der Waals surface area contributed by atoms with Crippen LogP contribution in [0, 0.1) is 11.3 Å². The third kappa shape index (κ3) is 3.81. The quantitative estimate of drug-likeness (QED) is 0.621. The number of carbonyl (C=O) groups excluding carboxylic acids is 1. The molecule has 1 heteroatoms. The maximum atomic E-state index is 11.4. The van der Waals surface area contributed by atoms with Crippen LogP contribution in [0.5, 0.6) is 0 Å². The second-order valence-electron chi connectivity index (χ2n) is 5.37. The van der Waals surface area contributed by atoms with Gasteiger partial charge in [-0.25, -0.2) is 0 Å². The summed E-state index contributed by atoms with van der Waals surface area (Å²) in [6, 6.07) is 0. The van der Waals surface area contributed by atoms with E-state index in [4.69, 9.17) is 0 Å². The van der Waals surface area contributed by atoms with Gasteiger partial charge in [0.2, 0.25) is 0 Å². The molecule has 0 fully saturated rings. The number of unbranched alkanes of at least 4 members (excludes halogenated alkanes) is 3. The highest BCUT2D eigenvalue weighted by atomic mass is 16.1. The van der Waals surface area contributed by atoms with Gasteiger partial charge in [0.05, 0.1) is 0 Å². The summed E-state index contributed by atoms with van der Waals surface area (Å²) in [4.78, 5) is 11.4. The predicted molar refractivity (Wildman–Crippen MR) is 64.8 cm³/mol. The number of ketones is 1. The van der Waals surface area contributed by atoms with Crippen molar-refractivity contribution in [1.29, 1.82) is 0 Å². The first kappa shape index (κ1) is 12.5. The summed E-state index contributed by atoms with van der Waals surface area (Å²) in [7, 11) is 0. The molecule has 0 saturated heterocycles. The van der Waals surface area contributed by atoms with E-state index in [-0.39, 0.29) is 5.41 Å². The van der Waals surface area contributed by atoms with E-state index in [2.05, 4.69) is 26.8 Å². The third-order valence-electron chi connectivity index (χ3n) is 3.60. The SMILES string of the molecule is CCCCCCC1CC(=O)C=CC1(C)C. The monoisotopic (exact) mass is 208 g/mol. The van der Waals surface area contributed by atoms with Gasteiger partial charge in [0, 0.05) is 6.42 Å². The van der Waals surface area contributed by atoms with Crippen LogP contribution >= 0.6 is 0 Å². The zero-order chi connectivity index (χ0) is 11.3. The lowest BCUT2D eigenvalue weighted by molar-refractivity contribution is -0.117. The molecular weight excluding hydrogens is 184 g/mol. The Morgan fingerprint density at radius 2 is 2.07 bits per heavy atom. The van der Waals surface area contributed by atoms with Crippen molar-refractivity contribution in [2.45, 2.75) is 59.3 Å². The molecule has 0 amide bonds. The Balaban J connectivity index is 2.39. The van der Waals surface area contributed by atoms with E-state index >= 15 is 0 Å². The first-order chi connectivity index (χ1) is 7.06. The first-order valence-electron chi connectivity index (χ1n) is 6.28. The molecule has 0 spiro atoms. The van der Waals surface area contributed by atoms with E-state index in [1.807, 2.05) is 0 Å². The zero-order valence-electron chi connectivity index (χ0n) is 10.4. The lowest BCUT2D eigenvalue weighted by Gasteiger charge is -2.34. The van der Waals surface area contributed by atoms with Gasteiger partial charge >= 0.3 is 0 Å². The summed E-state index contributed by atoms with van der Waals surface area (Å²) in [6.45, 7) is 6.73. The van der Waals surface area contributed by atoms with E-state index in [9.17, 15) is 4.79 Å². The van der Waals surface area contributed by atoms with E-state index in [1.165, 1.54) is 32.1 Å². The maximum absolute atomic E-state index is 11.4. The van der Waals surface area contributed by atoms with E-state index < -0.39 is 0 Å². The van der Waals surface area contributed by atoms with Crippen molar-refractivity contribution < 1.29 is 4.79 Å². The molecule has 1 aliphatic carbocycles. The van der Waals surface area contributed by atoms with Gasteiger partial charge in [0.25, 0.3) is 0 Å². The summed E-state index contributed by atoms with van der Waals surface area (Å²) >= 11 is 0. The molecule has 0 aromatic carbocycles. The number of rotatable bonds is 5. The van der Waals surface area contributed by atoms with E-state index in [0.29, 0.717) is 11.7 Å². The van der Waals surface area contributed by atoms with Crippen molar-refractivity contribution in [2.24, 2.45) is 11.3 Å². The van der Waals surface area contributed by atoms with E-state index in [1.54, 1.807) is 6.08 Å². The van der Waals surface area contributed by atoms with Crippen LogP contribution in [0.2, 0.25) is 0 Å². The summed E-state index contributed by atoms with van der Waals surface area (Å²) in [5.74, 6) is 0.877. The van der Waals surface area contributed by atoms with Gasteiger partial charge in [-0.2, -0.15) is 0 Å². The molecule has 0 aromatic rings. The fourth-order valence-electron chi connectivity index (χ4n) is 2.31. The van der Waals surface area contributed by atoms with Crippen LogP contribution in [0.1, 0.15) is 59.3 Å². The molecule has 0 aromatic heterocycles. The van der Waals surface area contributed by atoms with Crippen molar-refractivity contribution >= 4 is 5.78 Å². The average Bonchev–Trinajstić information content (AvgIpc) is 2.18. The molecule has 1 aliphatic rings. The Morgan fingerprint density at radius 1 is 1.33 bits per heavy atom. The third-order valence-corrected chi connectivity index (χ3v) is 3.60. The molecule has 15 heavy (non-hydrogen) atoms. The Hall–Kier alpha value is -0.590. The number of hydrogen-bond donors (Lipinski definition) is 0. The van der Waals surface area contributed by atoms with Crippen LogP contribution < -0.4 is 0 Å². The summed E-state index contributed by atoms with van der Waals surface area (Å²) in [5.41, 5.74) is 0.222. The Kier molecular flexibility index (Phi) is 4.56. The van der Waals surface area contributed by atoms with Gasteiger partial charge in [-0.15, -0.1) is 0 Å². The molecule has 1 unspecified atom stereocenters. The minimum Gasteiger partial charge on any atom is -0.295 e. The van der Waals surface area contributed by atoms with Gasteiger partial charge in [0.1, 0.15) is 0 Å². The fourth-order valence-corrected chi connectivity index (χ4v) is 2.31. The smallest absolute Gasteiger partial charge is 0.155 e. The van der Waals surface area contributed by atoms with E-state index in [0.717, 1.165) is 6.42 Å². The van der Waals surface area contributed by atoms with Crippen LogP contribution in [0.15, 0.2) is 12.2 Å². The van der Waals surface area contributed by atoms with Crippen LogP contribution in [-0.2, 0) is 4.79 Å². The van der Waals surface area contributed by atoms with Crippen molar-refractivity contribution in [3.05, 3.63) is 12.2 Å². The standard InChI is InChI=1S/C14H24O/c1-4-5-6-7-8-12-11-13(15)9-10-14(12,2)3/h9-10,12H,4-8,11H2,1-3H3. The topological polar surface area (TPSA) is 17.1 Å². The van der Waals surface area contributed by atoms with Crippen LogP contribution in [0.4, 0.5) is 0 Å². The minimum atomic E-state index is 0.222. The molecule has 0 saturated carbocycles. The molecule has 86 valence electrons. The van der Waals surface area contributed by atoms with Gasteiger partial charge < -0.3 is 0 Å². The normalized spacial score (nSPS) is 24.5. The summed E-state index contributed by atoms with van der Waals surface area (Å²) in [6.07, 6.45) is 11.1. The molecule has 0 heterocycles. The van der Waals surface area contributed by atoms with Crippen molar-refractivity contribution in [3.8, 4) is 0 Å². The first-order valence-corrected chi connectivity index (χ1v) is 6.28. The largest absolute Gasteiger partial charge is 0.295 e. The van der Waals surface area contributed by atoms with Crippen LogP contribution in [0.3, 0.4) is 0 Å². The molecule has 1 rings (SSSR count). The van der Waals surface area contributed by atoms with Gasteiger partial charge in [0.15, 0.2) is 5.78 Å². The molecule has 0 aliphatic heterocycles. The number of hydrogen-bond acceptors (Lipinski definition) is 1. The minimum absolute atomic E-state index is 0.222. The molecule has 0 radical (unpaired) electrons. The Morgan fingerprint density at radius 3 is 2.73 bits per heavy atom. The van der Waals surface area contributed by atoms with Gasteiger partial charge in [-0.05, 0) is 23.8 Å². The molecular formula is C14H24O. The molecule has 0 bridgehead atoms.